The van der Waals surface area contributed by atoms with Gasteiger partial charge in [-0.15, -0.1) is 0 Å². The lowest BCUT2D eigenvalue weighted by atomic mass is 9.72. The lowest BCUT2D eigenvalue weighted by molar-refractivity contribution is 0.0511. The van der Waals surface area contributed by atoms with Crippen LogP contribution in [0.1, 0.15) is 43.4 Å². The van der Waals surface area contributed by atoms with Gasteiger partial charge in [0.25, 0.3) is 0 Å². The van der Waals surface area contributed by atoms with E-state index in [1.807, 2.05) is 37.3 Å². The Morgan fingerprint density at radius 2 is 1.73 bits per heavy atom. The first-order valence-corrected chi connectivity index (χ1v) is 10.9. The van der Waals surface area contributed by atoms with E-state index < -0.39 is 5.60 Å². The molecule has 162 valence electrons. The third-order valence-electron chi connectivity index (χ3n) is 6.05. The van der Waals surface area contributed by atoms with E-state index in [2.05, 4.69) is 48.7 Å². The molecule has 0 aliphatic carbocycles. The molecule has 0 amide bonds. The molecule has 5 heteroatoms. The predicted octanol–water partition coefficient (Wildman–Crippen LogP) is 3.51. The molecule has 3 N–H and O–H groups in total. The van der Waals surface area contributed by atoms with Crippen molar-refractivity contribution >= 4 is 5.96 Å². The number of rotatable bonds is 7. The zero-order valence-corrected chi connectivity index (χ0v) is 18.4. The molecule has 1 atom stereocenters. The van der Waals surface area contributed by atoms with Crippen LogP contribution in [0.2, 0.25) is 0 Å². The van der Waals surface area contributed by atoms with Crippen LogP contribution < -0.4 is 10.6 Å². The van der Waals surface area contributed by atoms with E-state index in [4.69, 9.17) is 9.73 Å². The third kappa shape index (κ3) is 5.41. The van der Waals surface area contributed by atoms with Gasteiger partial charge in [0, 0.05) is 31.7 Å². The highest BCUT2D eigenvalue weighted by atomic mass is 16.5. The first-order chi connectivity index (χ1) is 14.5. The van der Waals surface area contributed by atoms with Gasteiger partial charge in [-0.25, -0.2) is 4.99 Å². The van der Waals surface area contributed by atoms with Crippen LogP contribution in [0.5, 0.6) is 0 Å². The molecule has 1 saturated heterocycles. The Kier molecular flexibility index (Phi) is 7.51. The lowest BCUT2D eigenvalue weighted by Gasteiger charge is -2.39. The predicted molar refractivity (Wildman–Crippen MR) is 123 cm³/mol. The Morgan fingerprint density at radius 3 is 2.40 bits per heavy atom. The second-order valence-electron chi connectivity index (χ2n) is 8.40. The second-order valence-corrected chi connectivity index (χ2v) is 8.40. The van der Waals surface area contributed by atoms with Crippen molar-refractivity contribution in [2.45, 2.75) is 44.6 Å². The first-order valence-electron chi connectivity index (χ1n) is 10.9. The summed E-state index contributed by atoms with van der Waals surface area (Å²) in [4.78, 5) is 4.71. The van der Waals surface area contributed by atoms with Gasteiger partial charge >= 0.3 is 0 Å². The highest BCUT2D eigenvalue weighted by molar-refractivity contribution is 5.80. The minimum Gasteiger partial charge on any atom is -0.384 e. The summed E-state index contributed by atoms with van der Waals surface area (Å²) >= 11 is 0. The smallest absolute Gasteiger partial charge is 0.191 e. The number of ether oxygens (including phenoxy) is 1. The SMILES string of the molecule is CCNC(=NCC(C)(O)c1ccccc1)NCC1(c2ccccc2C)CCOCC1. The summed E-state index contributed by atoms with van der Waals surface area (Å²) in [6.07, 6.45) is 1.96. The molecule has 0 radical (unpaired) electrons. The molecule has 3 rings (SSSR count). The molecule has 2 aromatic rings. The maximum absolute atomic E-state index is 10.9. The minimum absolute atomic E-state index is 0.0156. The summed E-state index contributed by atoms with van der Waals surface area (Å²) in [5, 5.41) is 17.8. The van der Waals surface area contributed by atoms with E-state index in [0.717, 1.165) is 50.7 Å². The summed E-state index contributed by atoms with van der Waals surface area (Å²) < 4.78 is 5.67. The van der Waals surface area contributed by atoms with Gasteiger partial charge in [0.2, 0.25) is 0 Å². The zero-order chi connectivity index (χ0) is 21.5. The molecule has 1 aliphatic heterocycles. The highest BCUT2D eigenvalue weighted by Gasteiger charge is 2.35. The molecule has 1 fully saturated rings. The lowest BCUT2D eigenvalue weighted by Crippen LogP contribution is -2.48. The Morgan fingerprint density at radius 1 is 1.07 bits per heavy atom. The number of hydrogen-bond donors (Lipinski definition) is 3. The third-order valence-corrected chi connectivity index (χ3v) is 6.05. The molecule has 2 aromatic carbocycles. The molecule has 0 bridgehead atoms. The van der Waals surface area contributed by atoms with Gasteiger partial charge in [0.15, 0.2) is 5.96 Å². The van der Waals surface area contributed by atoms with E-state index >= 15 is 0 Å². The second kappa shape index (κ2) is 10.1. The Hall–Kier alpha value is -2.37. The number of aryl methyl sites for hydroxylation is 1. The topological polar surface area (TPSA) is 65.9 Å². The van der Waals surface area contributed by atoms with Crippen LogP contribution in [0.15, 0.2) is 59.6 Å². The van der Waals surface area contributed by atoms with Crippen molar-refractivity contribution in [3.8, 4) is 0 Å². The van der Waals surface area contributed by atoms with Gasteiger partial charge in [-0.1, -0.05) is 54.6 Å². The number of hydrogen-bond acceptors (Lipinski definition) is 3. The molecule has 30 heavy (non-hydrogen) atoms. The summed E-state index contributed by atoms with van der Waals surface area (Å²) in [6, 6.07) is 18.3. The number of guanidine groups is 1. The fourth-order valence-electron chi connectivity index (χ4n) is 4.19. The number of nitrogens with one attached hydrogen (secondary N) is 2. The Bertz CT molecular complexity index is 827. The van der Waals surface area contributed by atoms with Gasteiger partial charge in [-0.2, -0.15) is 0 Å². The van der Waals surface area contributed by atoms with Gasteiger partial charge in [0.1, 0.15) is 5.60 Å². The molecule has 1 unspecified atom stereocenters. The number of benzene rings is 2. The molecule has 0 spiro atoms. The molecule has 0 aromatic heterocycles. The van der Waals surface area contributed by atoms with E-state index in [0.29, 0.717) is 0 Å². The van der Waals surface area contributed by atoms with Crippen LogP contribution >= 0.6 is 0 Å². The molecular formula is C25H35N3O2. The maximum Gasteiger partial charge on any atom is 0.191 e. The Labute approximate surface area is 180 Å². The standard InChI is InChI=1S/C25H35N3O2/c1-4-26-23(27-18-24(3,29)21-11-6-5-7-12-21)28-19-25(14-16-30-17-15-25)22-13-9-8-10-20(22)2/h5-13,29H,4,14-19H2,1-3H3,(H2,26,27,28). The molecule has 1 aliphatic rings. The molecule has 0 saturated carbocycles. The van der Waals surface area contributed by atoms with Crippen molar-refractivity contribution in [3.05, 3.63) is 71.3 Å². The molecule has 1 heterocycles. The van der Waals surface area contributed by atoms with Crippen molar-refractivity contribution in [2.24, 2.45) is 4.99 Å². The highest BCUT2D eigenvalue weighted by Crippen LogP contribution is 2.36. The first kappa shape index (κ1) is 22.3. The number of aliphatic hydroxyl groups is 1. The van der Waals surface area contributed by atoms with E-state index in [1.165, 1.54) is 11.1 Å². The van der Waals surface area contributed by atoms with E-state index in [1.54, 1.807) is 0 Å². The largest absolute Gasteiger partial charge is 0.384 e. The van der Waals surface area contributed by atoms with Gasteiger partial charge in [0.05, 0.1) is 6.54 Å². The zero-order valence-electron chi connectivity index (χ0n) is 18.4. The van der Waals surface area contributed by atoms with E-state index in [9.17, 15) is 5.11 Å². The van der Waals surface area contributed by atoms with Gasteiger partial charge in [-0.05, 0) is 50.3 Å². The molecule has 5 nitrogen and oxygen atoms in total. The number of aliphatic imine (C=N–C) groups is 1. The summed E-state index contributed by atoms with van der Waals surface area (Å²) in [6.45, 7) is 9.41. The minimum atomic E-state index is -1.02. The van der Waals surface area contributed by atoms with Crippen LogP contribution in [-0.2, 0) is 15.8 Å². The average molecular weight is 410 g/mol. The van der Waals surface area contributed by atoms with Gasteiger partial charge in [-0.3, -0.25) is 0 Å². The van der Waals surface area contributed by atoms with Crippen LogP contribution in [0.4, 0.5) is 0 Å². The van der Waals surface area contributed by atoms with Crippen LogP contribution in [0.25, 0.3) is 0 Å². The number of nitrogens with zero attached hydrogens (tertiary/aromatic N) is 1. The fourth-order valence-corrected chi connectivity index (χ4v) is 4.19. The monoisotopic (exact) mass is 409 g/mol. The summed E-state index contributed by atoms with van der Waals surface area (Å²) in [5.74, 6) is 0.730. The van der Waals surface area contributed by atoms with Crippen molar-refractivity contribution in [3.63, 3.8) is 0 Å². The summed E-state index contributed by atoms with van der Waals surface area (Å²) in [5.41, 5.74) is 2.56. The van der Waals surface area contributed by atoms with Crippen molar-refractivity contribution in [1.29, 1.82) is 0 Å². The fraction of sp³-hybridized carbons (Fsp3) is 0.480. The van der Waals surface area contributed by atoms with Crippen LogP contribution in [0, 0.1) is 6.92 Å². The van der Waals surface area contributed by atoms with Crippen LogP contribution in [-0.4, -0.2) is 43.9 Å². The van der Waals surface area contributed by atoms with Crippen molar-refractivity contribution in [2.75, 3.05) is 32.8 Å². The quantitative estimate of drug-likeness (QED) is 0.484. The van der Waals surface area contributed by atoms with Crippen molar-refractivity contribution < 1.29 is 9.84 Å². The maximum atomic E-state index is 10.9. The van der Waals surface area contributed by atoms with Crippen molar-refractivity contribution in [1.82, 2.24) is 10.6 Å². The average Bonchev–Trinajstić information content (AvgIpc) is 2.77. The summed E-state index contributed by atoms with van der Waals surface area (Å²) in [7, 11) is 0. The van der Waals surface area contributed by atoms with Gasteiger partial charge < -0.3 is 20.5 Å². The normalized spacial score (nSPS) is 18.5. The van der Waals surface area contributed by atoms with E-state index in [-0.39, 0.29) is 12.0 Å². The molecular weight excluding hydrogens is 374 g/mol. The Balaban J connectivity index is 1.76. The van der Waals surface area contributed by atoms with Crippen LogP contribution in [0.3, 0.4) is 0 Å².